The fourth-order valence-corrected chi connectivity index (χ4v) is 1.83. The van der Waals surface area contributed by atoms with Crippen LogP contribution >= 0.6 is 0 Å². The van der Waals surface area contributed by atoms with Crippen molar-refractivity contribution in [3.8, 4) is 0 Å². The van der Waals surface area contributed by atoms with Gasteiger partial charge >= 0.3 is 0 Å². The topological polar surface area (TPSA) is 66.0 Å². The van der Waals surface area contributed by atoms with E-state index in [0.29, 0.717) is 5.95 Å². The first-order valence-corrected chi connectivity index (χ1v) is 7.10. The van der Waals surface area contributed by atoms with Gasteiger partial charge in [0.25, 0.3) is 0 Å². The maximum absolute atomic E-state index is 4.39. The Morgan fingerprint density at radius 2 is 1.86 bits per heavy atom. The normalized spacial score (nSPS) is 10.6. The molecule has 0 saturated carbocycles. The Morgan fingerprint density at radius 1 is 1.05 bits per heavy atom. The number of hydrogen-bond acceptors (Lipinski definition) is 6. The van der Waals surface area contributed by atoms with E-state index in [9.17, 15) is 0 Å². The van der Waals surface area contributed by atoms with Gasteiger partial charge in [0.2, 0.25) is 5.95 Å². The molecule has 1 aromatic carbocycles. The Hall–Kier alpha value is -2.21. The second-order valence-corrected chi connectivity index (χ2v) is 5.06. The van der Waals surface area contributed by atoms with Crippen molar-refractivity contribution in [3.05, 3.63) is 42.1 Å². The van der Waals surface area contributed by atoms with Crippen LogP contribution in [-0.2, 0) is 6.42 Å². The molecule has 2 N–H and O–H groups in total. The molecule has 0 atom stereocenters. The molecule has 0 aliphatic carbocycles. The summed E-state index contributed by atoms with van der Waals surface area (Å²) in [6.07, 6.45) is 2.57. The van der Waals surface area contributed by atoms with Crippen LogP contribution < -0.4 is 10.6 Å². The number of anilines is 2. The maximum Gasteiger partial charge on any atom is 0.244 e. The zero-order chi connectivity index (χ0) is 14.9. The van der Waals surface area contributed by atoms with Crippen LogP contribution in [0.4, 0.5) is 11.8 Å². The summed E-state index contributed by atoms with van der Waals surface area (Å²) < 4.78 is 0. The third-order valence-electron chi connectivity index (χ3n) is 2.96. The Kier molecular flexibility index (Phi) is 5.90. The van der Waals surface area contributed by atoms with Crippen molar-refractivity contribution in [1.29, 1.82) is 0 Å². The molecule has 112 valence electrons. The molecule has 2 rings (SSSR count). The number of nitrogens with one attached hydrogen (secondary N) is 2. The minimum absolute atomic E-state index is 0.556. The van der Waals surface area contributed by atoms with Gasteiger partial charge in [-0.25, -0.2) is 0 Å². The summed E-state index contributed by atoms with van der Waals surface area (Å²) in [5.41, 5.74) is 1.29. The highest BCUT2D eigenvalue weighted by molar-refractivity contribution is 5.37. The Labute approximate surface area is 125 Å². The van der Waals surface area contributed by atoms with Gasteiger partial charge in [0, 0.05) is 19.6 Å². The number of likely N-dealkylation sites (N-methyl/N-ethyl adjacent to an activating group) is 1. The molecule has 6 heteroatoms. The predicted molar refractivity (Wildman–Crippen MR) is 85.5 cm³/mol. The summed E-state index contributed by atoms with van der Waals surface area (Å²) >= 11 is 0. The standard InChI is InChI=1S/C15H22N6/c1-21(2)11-10-16-14-12-18-20-15(19-14)17-9-8-13-6-4-3-5-7-13/h3-7,12H,8-11H2,1-2H3,(H2,16,17,19,20). The van der Waals surface area contributed by atoms with E-state index in [-0.39, 0.29) is 0 Å². The molecule has 1 aromatic heterocycles. The third-order valence-corrected chi connectivity index (χ3v) is 2.96. The molecule has 6 nitrogen and oxygen atoms in total. The third kappa shape index (κ3) is 5.74. The van der Waals surface area contributed by atoms with Gasteiger partial charge in [0.05, 0.1) is 6.20 Å². The van der Waals surface area contributed by atoms with Gasteiger partial charge in [-0.2, -0.15) is 10.1 Å². The molecule has 1 heterocycles. The largest absolute Gasteiger partial charge is 0.367 e. The van der Waals surface area contributed by atoms with Crippen molar-refractivity contribution < 1.29 is 0 Å². The van der Waals surface area contributed by atoms with Crippen LogP contribution in [0, 0.1) is 0 Å². The van der Waals surface area contributed by atoms with Gasteiger partial charge in [0.15, 0.2) is 5.82 Å². The molecule has 0 spiro atoms. The zero-order valence-electron chi connectivity index (χ0n) is 12.6. The molecular weight excluding hydrogens is 264 g/mol. The first-order chi connectivity index (χ1) is 10.2. The number of rotatable bonds is 8. The van der Waals surface area contributed by atoms with Crippen LogP contribution in [-0.4, -0.2) is 53.8 Å². The highest BCUT2D eigenvalue weighted by atomic mass is 15.3. The second-order valence-electron chi connectivity index (χ2n) is 5.06. The van der Waals surface area contributed by atoms with E-state index in [4.69, 9.17) is 0 Å². The van der Waals surface area contributed by atoms with Crippen molar-refractivity contribution in [2.75, 3.05) is 44.4 Å². The van der Waals surface area contributed by atoms with Gasteiger partial charge in [-0.15, -0.1) is 5.10 Å². The summed E-state index contributed by atoms with van der Waals surface area (Å²) in [5, 5.41) is 14.4. The average molecular weight is 286 g/mol. The summed E-state index contributed by atoms with van der Waals surface area (Å²) in [6, 6.07) is 10.3. The van der Waals surface area contributed by atoms with Gasteiger partial charge < -0.3 is 15.5 Å². The second kappa shape index (κ2) is 8.16. The molecule has 0 fully saturated rings. The first kappa shape index (κ1) is 15.2. The van der Waals surface area contributed by atoms with Crippen LogP contribution in [0.1, 0.15) is 5.56 Å². The maximum atomic E-state index is 4.39. The molecule has 0 aliphatic heterocycles. The summed E-state index contributed by atoms with van der Waals surface area (Å²) in [4.78, 5) is 6.50. The molecule has 0 bridgehead atoms. The van der Waals surface area contributed by atoms with Crippen molar-refractivity contribution in [2.45, 2.75) is 6.42 Å². The number of hydrogen-bond donors (Lipinski definition) is 2. The Bertz CT molecular complexity index is 529. The first-order valence-electron chi connectivity index (χ1n) is 7.10. The van der Waals surface area contributed by atoms with Crippen molar-refractivity contribution in [1.82, 2.24) is 20.1 Å². The van der Waals surface area contributed by atoms with E-state index in [1.165, 1.54) is 5.56 Å². The smallest absolute Gasteiger partial charge is 0.244 e. The SMILES string of the molecule is CN(C)CCNc1cnnc(NCCc2ccccc2)n1. The fraction of sp³-hybridized carbons (Fsp3) is 0.400. The zero-order valence-corrected chi connectivity index (χ0v) is 12.6. The van der Waals surface area contributed by atoms with Gasteiger partial charge in [-0.05, 0) is 26.1 Å². The van der Waals surface area contributed by atoms with Crippen LogP contribution in [0.3, 0.4) is 0 Å². The highest BCUT2D eigenvalue weighted by Crippen LogP contribution is 2.04. The van der Waals surface area contributed by atoms with Crippen molar-refractivity contribution in [3.63, 3.8) is 0 Å². The van der Waals surface area contributed by atoms with Gasteiger partial charge in [-0.3, -0.25) is 0 Å². The van der Waals surface area contributed by atoms with E-state index in [0.717, 1.165) is 31.9 Å². The lowest BCUT2D eigenvalue weighted by atomic mass is 10.1. The van der Waals surface area contributed by atoms with E-state index in [1.807, 2.05) is 32.3 Å². The minimum atomic E-state index is 0.556. The summed E-state index contributed by atoms with van der Waals surface area (Å²) in [5.74, 6) is 1.30. The van der Waals surface area contributed by atoms with Gasteiger partial charge in [-0.1, -0.05) is 30.3 Å². The van der Waals surface area contributed by atoms with Crippen LogP contribution in [0.15, 0.2) is 36.5 Å². The highest BCUT2D eigenvalue weighted by Gasteiger charge is 2.00. The molecular formula is C15H22N6. The lowest BCUT2D eigenvalue weighted by molar-refractivity contribution is 0.425. The fourth-order valence-electron chi connectivity index (χ4n) is 1.83. The average Bonchev–Trinajstić information content (AvgIpc) is 2.48. The Morgan fingerprint density at radius 3 is 2.62 bits per heavy atom. The van der Waals surface area contributed by atoms with E-state index < -0.39 is 0 Å². The molecule has 0 saturated heterocycles. The molecule has 21 heavy (non-hydrogen) atoms. The monoisotopic (exact) mass is 286 g/mol. The summed E-state index contributed by atoms with van der Waals surface area (Å²) in [7, 11) is 4.08. The van der Waals surface area contributed by atoms with E-state index in [2.05, 4.69) is 42.8 Å². The van der Waals surface area contributed by atoms with Crippen LogP contribution in [0.5, 0.6) is 0 Å². The Balaban J connectivity index is 1.78. The molecule has 0 radical (unpaired) electrons. The van der Waals surface area contributed by atoms with Crippen molar-refractivity contribution in [2.24, 2.45) is 0 Å². The molecule has 0 aliphatic rings. The van der Waals surface area contributed by atoms with E-state index >= 15 is 0 Å². The number of benzene rings is 1. The molecule has 0 amide bonds. The van der Waals surface area contributed by atoms with Crippen molar-refractivity contribution >= 4 is 11.8 Å². The summed E-state index contributed by atoms with van der Waals surface area (Å²) in [6.45, 7) is 2.56. The van der Waals surface area contributed by atoms with Crippen LogP contribution in [0.25, 0.3) is 0 Å². The van der Waals surface area contributed by atoms with Gasteiger partial charge in [0.1, 0.15) is 0 Å². The lowest BCUT2D eigenvalue weighted by Gasteiger charge is -2.11. The number of aromatic nitrogens is 3. The predicted octanol–water partition coefficient (Wildman–Crippen LogP) is 1.50. The molecule has 0 unspecified atom stereocenters. The lowest BCUT2D eigenvalue weighted by Crippen LogP contribution is -2.21. The quantitative estimate of drug-likeness (QED) is 0.766. The van der Waals surface area contributed by atoms with E-state index in [1.54, 1.807) is 6.20 Å². The number of nitrogens with zero attached hydrogens (tertiary/aromatic N) is 4. The van der Waals surface area contributed by atoms with Crippen LogP contribution in [0.2, 0.25) is 0 Å². The minimum Gasteiger partial charge on any atom is -0.367 e. The molecule has 2 aromatic rings.